The number of nitrogens with zero attached hydrogens (tertiary/aromatic N) is 3. The Bertz CT molecular complexity index is 446. The van der Waals surface area contributed by atoms with Crippen LogP contribution in [0.1, 0.15) is 18.5 Å². The SMILES string of the molecule is O=C([C@@H]1CCCN1Cc1ccccn1)N1CCOCC1. The van der Waals surface area contributed by atoms with Crippen molar-refractivity contribution in [1.82, 2.24) is 14.8 Å². The second-order valence-electron chi connectivity index (χ2n) is 5.39. The fraction of sp³-hybridized carbons (Fsp3) is 0.600. The molecule has 0 radical (unpaired) electrons. The maximum Gasteiger partial charge on any atom is 0.240 e. The molecule has 1 atom stereocenters. The zero-order valence-electron chi connectivity index (χ0n) is 11.7. The van der Waals surface area contributed by atoms with E-state index in [0.717, 1.165) is 44.7 Å². The highest BCUT2D eigenvalue weighted by atomic mass is 16.5. The van der Waals surface area contributed by atoms with E-state index in [-0.39, 0.29) is 11.9 Å². The van der Waals surface area contributed by atoms with Crippen molar-refractivity contribution in [3.8, 4) is 0 Å². The van der Waals surface area contributed by atoms with Crippen molar-refractivity contribution in [2.24, 2.45) is 0 Å². The van der Waals surface area contributed by atoms with Crippen molar-refractivity contribution in [1.29, 1.82) is 0 Å². The first-order valence-electron chi connectivity index (χ1n) is 7.35. The minimum atomic E-state index is 0.0232. The zero-order chi connectivity index (χ0) is 13.8. The van der Waals surface area contributed by atoms with E-state index < -0.39 is 0 Å². The Morgan fingerprint density at radius 3 is 2.90 bits per heavy atom. The lowest BCUT2D eigenvalue weighted by Gasteiger charge is -2.32. The molecule has 1 amide bonds. The standard InChI is InChI=1S/C15H21N3O2/c19-15(17-8-10-20-11-9-17)14-5-3-7-18(14)12-13-4-1-2-6-16-13/h1-2,4,6,14H,3,5,7-12H2/t14-/m0/s1. The molecule has 108 valence electrons. The van der Waals surface area contributed by atoms with Crippen LogP contribution < -0.4 is 0 Å². The van der Waals surface area contributed by atoms with Crippen LogP contribution in [0.15, 0.2) is 24.4 Å². The Morgan fingerprint density at radius 1 is 1.30 bits per heavy atom. The van der Waals surface area contributed by atoms with E-state index in [4.69, 9.17) is 4.74 Å². The van der Waals surface area contributed by atoms with Gasteiger partial charge in [-0.1, -0.05) is 6.07 Å². The van der Waals surface area contributed by atoms with Crippen LogP contribution in [0.2, 0.25) is 0 Å². The summed E-state index contributed by atoms with van der Waals surface area (Å²) in [4.78, 5) is 21.2. The molecule has 5 heteroatoms. The summed E-state index contributed by atoms with van der Waals surface area (Å²) in [6.07, 6.45) is 3.86. The van der Waals surface area contributed by atoms with Gasteiger partial charge in [0.1, 0.15) is 0 Å². The van der Waals surface area contributed by atoms with E-state index in [9.17, 15) is 4.79 Å². The summed E-state index contributed by atoms with van der Waals surface area (Å²) < 4.78 is 5.32. The monoisotopic (exact) mass is 275 g/mol. The first-order chi connectivity index (χ1) is 9.84. The van der Waals surface area contributed by atoms with Crippen LogP contribution in [0.25, 0.3) is 0 Å². The highest BCUT2D eigenvalue weighted by Gasteiger charge is 2.34. The molecule has 3 rings (SSSR count). The predicted molar refractivity (Wildman–Crippen MR) is 75.1 cm³/mol. The number of carbonyl (C=O) groups is 1. The van der Waals surface area contributed by atoms with E-state index >= 15 is 0 Å². The minimum absolute atomic E-state index is 0.0232. The third-order valence-electron chi connectivity index (χ3n) is 4.06. The van der Waals surface area contributed by atoms with Crippen LogP contribution in [-0.2, 0) is 16.1 Å². The Labute approximate surface area is 119 Å². The predicted octanol–water partition coefficient (Wildman–Crippen LogP) is 0.905. The van der Waals surface area contributed by atoms with Crippen molar-refractivity contribution in [3.05, 3.63) is 30.1 Å². The number of pyridine rings is 1. The molecule has 2 aliphatic rings. The number of amides is 1. The number of morpholine rings is 1. The van der Waals surface area contributed by atoms with Gasteiger partial charge in [-0.3, -0.25) is 14.7 Å². The summed E-state index contributed by atoms with van der Waals surface area (Å²) in [6, 6.07) is 5.96. The van der Waals surface area contributed by atoms with E-state index in [1.54, 1.807) is 0 Å². The van der Waals surface area contributed by atoms with Gasteiger partial charge in [0.2, 0.25) is 5.91 Å². The molecule has 2 fully saturated rings. The molecule has 0 saturated carbocycles. The van der Waals surface area contributed by atoms with Gasteiger partial charge >= 0.3 is 0 Å². The number of hydrogen-bond acceptors (Lipinski definition) is 4. The molecule has 2 aliphatic heterocycles. The zero-order valence-corrected chi connectivity index (χ0v) is 11.7. The van der Waals surface area contributed by atoms with Crippen LogP contribution in [0.4, 0.5) is 0 Å². The second kappa shape index (κ2) is 6.33. The maximum atomic E-state index is 12.6. The summed E-state index contributed by atoms with van der Waals surface area (Å²) in [5.74, 6) is 0.265. The van der Waals surface area contributed by atoms with Gasteiger partial charge in [0.15, 0.2) is 0 Å². The van der Waals surface area contributed by atoms with Crippen LogP contribution in [-0.4, -0.2) is 59.6 Å². The van der Waals surface area contributed by atoms with Gasteiger partial charge < -0.3 is 9.64 Å². The number of aromatic nitrogens is 1. The summed E-state index contributed by atoms with van der Waals surface area (Å²) in [7, 11) is 0. The molecule has 1 aromatic rings. The molecular formula is C15H21N3O2. The van der Waals surface area contributed by atoms with Crippen LogP contribution in [0, 0.1) is 0 Å². The average Bonchev–Trinajstić information content (AvgIpc) is 2.96. The van der Waals surface area contributed by atoms with Crippen molar-refractivity contribution in [2.45, 2.75) is 25.4 Å². The largest absolute Gasteiger partial charge is 0.378 e. The van der Waals surface area contributed by atoms with Gasteiger partial charge in [0, 0.05) is 25.8 Å². The quantitative estimate of drug-likeness (QED) is 0.822. The second-order valence-corrected chi connectivity index (χ2v) is 5.39. The van der Waals surface area contributed by atoms with E-state index in [0.29, 0.717) is 13.2 Å². The van der Waals surface area contributed by atoms with Gasteiger partial charge in [-0.15, -0.1) is 0 Å². The summed E-state index contributed by atoms with van der Waals surface area (Å²) in [6.45, 7) is 4.54. The smallest absolute Gasteiger partial charge is 0.240 e. The molecule has 0 spiro atoms. The molecular weight excluding hydrogens is 254 g/mol. The van der Waals surface area contributed by atoms with Gasteiger partial charge in [0.25, 0.3) is 0 Å². The Balaban J connectivity index is 1.64. The van der Waals surface area contributed by atoms with E-state index in [1.807, 2.05) is 29.3 Å². The molecule has 0 bridgehead atoms. The van der Waals surface area contributed by atoms with Gasteiger partial charge in [-0.2, -0.15) is 0 Å². The van der Waals surface area contributed by atoms with Gasteiger partial charge in [-0.05, 0) is 31.5 Å². The lowest BCUT2D eigenvalue weighted by atomic mass is 10.1. The highest BCUT2D eigenvalue weighted by molar-refractivity contribution is 5.82. The molecule has 0 aliphatic carbocycles. The Hall–Kier alpha value is -1.46. The van der Waals surface area contributed by atoms with Crippen LogP contribution in [0.5, 0.6) is 0 Å². The number of likely N-dealkylation sites (tertiary alicyclic amines) is 1. The summed E-state index contributed by atoms with van der Waals surface area (Å²) in [5.41, 5.74) is 1.04. The lowest BCUT2D eigenvalue weighted by Crippen LogP contribution is -2.49. The normalized spacial score (nSPS) is 24.0. The molecule has 0 N–H and O–H groups in total. The first kappa shape index (κ1) is 13.5. The highest BCUT2D eigenvalue weighted by Crippen LogP contribution is 2.21. The van der Waals surface area contributed by atoms with Crippen LogP contribution in [0.3, 0.4) is 0 Å². The molecule has 0 aromatic carbocycles. The Morgan fingerprint density at radius 2 is 2.15 bits per heavy atom. The fourth-order valence-electron chi connectivity index (χ4n) is 2.99. The molecule has 3 heterocycles. The van der Waals surface area contributed by atoms with E-state index in [2.05, 4.69) is 9.88 Å². The average molecular weight is 275 g/mol. The van der Waals surface area contributed by atoms with E-state index in [1.165, 1.54) is 0 Å². The lowest BCUT2D eigenvalue weighted by molar-refractivity contribution is -0.140. The maximum absolute atomic E-state index is 12.6. The third-order valence-corrected chi connectivity index (χ3v) is 4.06. The van der Waals surface area contributed by atoms with Crippen molar-refractivity contribution >= 4 is 5.91 Å². The molecule has 20 heavy (non-hydrogen) atoms. The number of rotatable bonds is 3. The molecule has 5 nitrogen and oxygen atoms in total. The summed E-state index contributed by atoms with van der Waals surface area (Å²) in [5, 5.41) is 0. The number of ether oxygens (including phenoxy) is 1. The van der Waals surface area contributed by atoms with Gasteiger partial charge in [-0.25, -0.2) is 0 Å². The third kappa shape index (κ3) is 2.99. The topological polar surface area (TPSA) is 45.7 Å². The van der Waals surface area contributed by atoms with Crippen molar-refractivity contribution in [3.63, 3.8) is 0 Å². The number of carbonyl (C=O) groups excluding carboxylic acids is 1. The molecule has 0 unspecified atom stereocenters. The van der Waals surface area contributed by atoms with Gasteiger partial charge in [0.05, 0.1) is 24.9 Å². The van der Waals surface area contributed by atoms with Crippen molar-refractivity contribution in [2.75, 3.05) is 32.8 Å². The number of hydrogen-bond donors (Lipinski definition) is 0. The fourth-order valence-corrected chi connectivity index (χ4v) is 2.99. The Kier molecular flexibility index (Phi) is 4.28. The first-order valence-corrected chi connectivity index (χ1v) is 7.35. The molecule has 1 aromatic heterocycles. The van der Waals surface area contributed by atoms with Crippen molar-refractivity contribution < 1.29 is 9.53 Å². The minimum Gasteiger partial charge on any atom is -0.378 e. The molecule has 2 saturated heterocycles. The summed E-state index contributed by atoms with van der Waals surface area (Å²) >= 11 is 0. The van der Waals surface area contributed by atoms with Crippen LogP contribution >= 0.6 is 0 Å².